The largest absolute Gasteiger partial charge is 0.435 e. The van der Waals surface area contributed by atoms with Gasteiger partial charge < -0.3 is 16.0 Å². The molecule has 0 saturated heterocycles. The Morgan fingerprint density at radius 1 is 1.09 bits per heavy atom. The number of halogens is 3. The predicted molar refractivity (Wildman–Crippen MR) is 116 cm³/mol. The number of aromatic nitrogens is 2. The molecule has 0 bridgehead atoms. The highest BCUT2D eigenvalue weighted by Gasteiger charge is 2.36. The number of alkyl halides is 3. The van der Waals surface area contributed by atoms with Gasteiger partial charge in [0.2, 0.25) is 5.91 Å². The number of hydrogen-bond acceptors (Lipinski definition) is 4. The van der Waals surface area contributed by atoms with Crippen molar-refractivity contribution in [2.45, 2.75) is 32.2 Å². The zero-order chi connectivity index (χ0) is 24.2. The fourth-order valence-electron chi connectivity index (χ4n) is 3.14. The Hall–Kier alpha value is -3.66. The van der Waals surface area contributed by atoms with Crippen LogP contribution in [0.3, 0.4) is 0 Å². The maximum atomic E-state index is 13.4. The molecule has 0 radical (unpaired) electrons. The van der Waals surface area contributed by atoms with Gasteiger partial charge in [0, 0.05) is 26.2 Å². The fraction of sp³-hybridized carbons (Fsp3) is 0.261. The summed E-state index contributed by atoms with van der Waals surface area (Å²) in [7, 11) is 1.51. The first-order chi connectivity index (χ1) is 15.6. The summed E-state index contributed by atoms with van der Waals surface area (Å²) in [4.78, 5) is 26.1. The lowest BCUT2D eigenvalue weighted by Gasteiger charge is -2.18. The lowest BCUT2D eigenvalue weighted by Crippen LogP contribution is -2.37. The minimum absolute atomic E-state index is 0.124. The van der Waals surface area contributed by atoms with Gasteiger partial charge in [-0.15, -0.1) is 0 Å². The highest BCUT2D eigenvalue weighted by molar-refractivity contribution is 5.93. The normalized spacial score (nSPS) is 12.3. The standard InChI is InChI=1S/C23H24F3N5O2/c1-15(27)21(32)28-13-17-9-6-10-18(11-17)31-19(12-20(29-31)23(24,25)26)22(33)30(2)14-16-7-4-3-5-8-16/h3-12,15H,13-14,27H2,1-2H3,(H,28,32)/t15-/m0/s1. The van der Waals surface area contributed by atoms with E-state index in [-0.39, 0.29) is 30.4 Å². The molecule has 2 aromatic carbocycles. The molecule has 3 aromatic rings. The van der Waals surface area contributed by atoms with E-state index in [1.54, 1.807) is 18.2 Å². The van der Waals surface area contributed by atoms with Gasteiger partial charge in [0.25, 0.3) is 5.91 Å². The van der Waals surface area contributed by atoms with Crippen LogP contribution in [0, 0.1) is 0 Å². The average Bonchev–Trinajstić information content (AvgIpc) is 3.24. The monoisotopic (exact) mass is 459 g/mol. The zero-order valence-corrected chi connectivity index (χ0v) is 18.1. The number of carbonyl (C=O) groups excluding carboxylic acids is 2. The third kappa shape index (κ3) is 5.98. The molecular formula is C23H24F3N5O2. The molecule has 10 heteroatoms. The van der Waals surface area contributed by atoms with E-state index in [9.17, 15) is 22.8 Å². The van der Waals surface area contributed by atoms with Gasteiger partial charge in [-0.25, -0.2) is 4.68 Å². The molecule has 7 nitrogen and oxygen atoms in total. The summed E-state index contributed by atoms with van der Waals surface area (Å²) < 4.78 is 41.2. The van der Waals surface area contributed by atoms with E-state index in [0.717, 1.165) is 16.3 Å². The minimum atomic E-state index is -4.72. The Morgan fingerprint density at radius 3 is 2.39 bits per heavy atom. The molecule has 0 aliphatic rings. The van der Waals surface area contributed by atoms with Gasteiger partial charge in [-0.1, -0.05) is 42.5 Å². The molecule has 33 heavy (non-hydrogen) atoms. The highest BCUT2D eigenvalue weighted by Crippen LogP contribution is 2.30. The van der Waals surface area contributed by atoms with Crippen LogP contribution in [0.1, 0.15) is 34.2 Å². The second-order valence-electron chi connectivity index (χ2n) is 7.65. The molecular weight excluding hydrogens is 435 g/mol. The maximum Gasteiger partial charge on any atom is 0.435 e. The van der Waals surface area contributed by atoms with E-state index in [0.29, 0.717) is 5.56 Å². The second kappa shape index (κ2) is 9.86. The van der Waals surface area contributed by atoms with Crippen LogP contribution in [0.4, 0.5) is 13.2 Å². The van der Waals surface area contributed by atoms with Gasteiger partial charge in [-0.2, -0.15) is 18.3 Å². The van der Waals surface area contributed by atoms with Crippen LogP contribution in [-0.4, -0.2) is 39.6 Å². The first-order valence-electron chi connectivity index (χ1n) is 10.2. The van der Waals surface area contributed by atoms with Crippen molar-refractivity contribution in [3.8, 4) is 5.69 Å². The van der Waals surface area contributed by atoms with Crippen molar-refractivity contribution < 1.29 is 22.8 Å². The maximum absolute atomic E-state index is 13.4. The summed E-state index contributed by atoms with van der Waals surface area (Å²) in [5, 5.41) is 6.30. The third-order valence-corrected chi connectivity index (χ3v) is 4.86. The number of carbonyl (C=O) groups is 2. The lowest BCUT2D eigenvalue weighted by molar-refractivity contribution is -0.141. The SMILES string of the molecule is C[C@H](N)C(=O)NCc1cccc(-n2nc(C(F)(F)F)cc2C(=O)N(C)Cc2ccccc2)c1. The van der Waals surface area contributed by atoms with E-state index in [4.69, 9.17) is 5.73 Å². The molecule has 2 amide bonds. The summed E-state index contributed by atoms with van der Waals surface area (Å²) in [6, 6.07) is 15.6. The Labute approximate surface area is 189 Å². The molecule has 0 aliphatic heterocycles. The van der Waals surface area contributed by atoms with Crippen molar-refractivity contribution in [2.24, 2.45) is 5.73 Å². The van der Waals surface area contributed by atoms with Crippen molar-refractivity contribution in [3.05, 3.63) is 83.2 Å². The predicted octanol–water partition coefficient (Wildman–Crippen LogP) is 3.13. The van der Waals surface area contributed by atoms with Crippen molar-refractivity contribution >= 4 is 11.8 Å². The van der Waals surface area contributed by atoms with Crippen molar-refractivity contribution in [3.63, 3.8) is 0 Å². The van der Waals surface area contributed by atoms with E-state index < -0.39 is 23.8 Å². The smallest absolute Gasteiger partial charge is 0.351 e. The van der Waals surface area contributed by atoms with Crippen LogP contribution in [0.25, 0.3) is 5.69 Å². The van der Waals surface area contributed by atoms with E-state index >= 15 is 0 Å². The summed E-state index contributed by atoms with van der Waals surface area (Å²) in [6.07, 6.45) is -4.72. The van der Waals surface area contributed by atoms with E-state index in [1.165, 1.54) is 24.9 Å². The van der Waals surface area contributed by atoms with Crippen molar-refractivity contribution in [1.82, 2.24) is 20.0 Å². The molecule has 0 saturated carbocycles. The topological polar surface area (TPSA) is 93.2 Å². The van der Waals surface area contributed by atoms with Gasteiger partial charge in [-0.3, -0.25) is 9.59 Å². The first kappa shape index (κ1) is 24.0. The molecule has 3 N–H and O–H groups in total. The molecule has 1 atom stereocenters. The molecule has 174 valence electrons. The quantitative estimate of drug-likeness (QED) is 0.568. The molecule has 0 spiro atoms. The van der Waals surface area contributed by atoms with Crippen LogP contribution >= 0.6 is 0 Å². The Kier molecular flexibility index (Phi) is 7.17. The number of hydrogen-bond donors (Lipinski definition) is 2. The van der Waals surface area contributed by atoms with Gasteiger partial charge in [-0.05, 0) is 30.2 Å². The molecule has 3 rings (SSSR count). The van der Waals surface area contributed by atoms with E-state index in [1.807, 2.05) is 30.3 Å². The van der Waals surface area contributed by atoms with Crippen LogP contribution in [0.5, 0.6) is 0 Å². The number of benzene rings is 2. The van der Waals surface area contributed by atoms with Crippen LogP contribution in [-0.2, 0) is 24.1 Å². The van der Waals surface area contributed by atoms with Crippen LogP contribution in [0.15, 0.2) is 60.7 Å². The molecule has 0 aliphatic carbocycles. The van der Waals surface area contributed by atoms with E-state index in [2.05, 4.69) is 10.4 Å². The zero-order valence-electron chi connectivity index (χ0n) is 18.1. The minimum Gasteiger partial charge on any atom is -0.351 e. The van der Waals surface area contributed by atoms with Crippen LogP contribution < -0.4 is 11.1 Å². The number of amides is 2. The molecule has 0 unspecified atom stereocenters. The van der Waals surface area contributed by atoms with Gasteiger partial charge >= 0.3 is 6.18 Å². The van der Waals surface area contributed by atoms with Gasteiger partial charge in [0.1, 0.15) is 5.69 Å². The number of nitrogens with zero attached hydrogens (tertiary/aromatic N) is 3. The Balaban J connectivity index is 1.93. The summed E-state index contributed by atoms with van der Waals surface area (Å²) in [5.74, 6) is -0.977. The second-order valence-corrected chi connectivity index (χ2v) is 7.65. The summed E-state index contributed by atoms with van der Waals surface area (Å²) >= 11 is 0. The van der Waals surface area contributed by atoms with Crippen LogP contribution in [0.2, 0.25) is 0 Å². The third-order valence-electron chi connectivity index (χ3n) is 4.86. The molecule has 0 fully saturated rings. The summed E-state index contributed by atoms with van der Waals surface area (Å²) in [6.45, 7) is 1.88. The van der Waals surface area contributed by atoms with Crippen molar-refractivity contribution in [1.29, 1.82) is 0 Å². The first-order valence-corrected chi connectivity index (χ1v) is 10.2. The number of rotatable bonds is 7. The Bertz CT molecular complexity index is 1130. The number of nitrogens with one attached hydrogen (secondary N) is 1. The lowest BCUT2D eigenvalue weighted by atomic mass is 10.2. The summed E-state index contributed by atoms with van der Waals surface area (Å²) in [5.41, 5.74) is 5.84. The van der Waals surface area contributed by atoms with Gasteiger partial charge in [0.15, 0.2) is 5.69 Å². The van der Waals surface area contributed by atoms with Gasteiger partial charge in [0.05, 0.1) is 11.7 Å². The number of nitrogens with two attached hydrogens (primary N) is 1. The molecule has 1 heterocycles. The van der Waals surface area contributed by atoms with Crippen molar-refractivity contribution in [2.75, 3.05) is 7.05 Å². The fourth-order valence-corrected chi connectivity index (χ4v) is 3.14. The average molecular weight is 459 g/mol. The molecule has 1 aromatic heterocycles. The Morgan fingerprint density at radius 2 is 1.76 bits per heavy atom. The highest BCUT2D eigenvalue weighted by atomic mass is 19.4.